The summed E-state index contributed by atoms with van der Waals surface area (Å²) in [5, 5.41) is 6.83. The van der Waals surface area contributed by atoms with Crippen LogP contribution < -0.4 is 10.6 Å². The number of imidazole rings is 1. The normalized spacial score (nSPS) is 15.7. The van der Waals surface area contributed by atoms with E-state index in [-0.39, 0.29) is 0 Å². The highest BCUT2D eigenvalue weighted by Crippen LogP contribution is 2.09. The zero-order valence-corrected chi connectivity index (χ0v) is 18.5. The van der Waals surface area contributed by atoms with Gasteiger partial charge in [0.25, 0.3) is 0 Å². The maximum atomic E-state index is 4.77. The first-order chi connectivity index (χ1) is 14.8. The van der Waals surface area contributed by atoms with E-state index in [0.29, 0.717) is 0 Å². The SMILES string of the molecule is CCNC(=NCCCN1CCCCCC1)NCCc1nccn1Cc1ccccc1. The van der Waals surface area contributed by atoms with Gasteiger partial charge in [-0.25, -0.2) is 4.98 Å². The molecule has 1 aliphatic rings. The lowest BCUT2D eigenvalue weighted by atomic mass is 10.2. The third kappa shape index (κ3) is 7.82. The fourth-order valence-electron chi connectivity index (χ4n) is 3.97. The fourth-order valence-corrected chi connectivity index (χ4v) is 3.97. The highest BCUT2D eigenvalue weighted by Gasteiger charge is 2.08. The summed E-state index contributed by atoms with van der Waals surface area (Å²) in [5.74, 6) is 2.01. The van der Waals surface area contributed by atoms with Crippen LogP contribution >= 0.6 is 0 Å². The van der Waals surface area contributed by atoms with Gasteiger partial charge in [-0.15, -0.1) is 0 Å². The number of aliphatic imine (C=N–C) groups is 1. The molecule has 1 saturated heterocycles. The second-order valence-corrected chi connectivity index (χ2v) is 8.00. The van der Waals surface area contributed by atoms with E-state index >= 15 is 0 Å². The lowest BCUT2D eigenvalue weighted by Gasteiger charge is -2.19. The molecule has 0 amide bonds. The summed E-state index contributed by atoms with van der Waals surface area (Å²) in [6, 6.07) is 10.5. The average Bonchev–Trinajstić information content (AvgIpc) is 3.03. The zero-order valence-electron chi connectivity index (χ0n) is 18.5. The molecule has 0 spiro atoms. The van der Waals surface area contributed by atoms with Crippen LogP contribution in [0.15, 0.2) is 47.7 Å². The summed E-state index contributed by atoms with van der Waals surface area (Å²) in [4.78, 5) is 11.9. The number of rotatable bonds is 10. The number of hydrogen-bond donors (Lipinski definition) is 2. The second kappa shape index (κ2) is 13.1. The Morgan fingerprint density at radius 2 is 1.87 bits per heavy atom. The molecule has 1 aliphatic heterocycles. The van der Waals surface area contributed by atoms with Crippen LogP contribution in [0.2, 0.25) is 0 Å². The Bertz CT molecular complexity index is 731. The minimum Gasteiger partial charge on any atom is -0.357 e. The highest BCUT2D eigenvalue weighted by atomic mass is 15.2. The third-order valence-corrected chi connectivity index (χ3v) is 5.58. The van der Waals surface area contributed by atoms with Crippen LogP contribution in [0.25, 0.3) is 0 Å². The van der Waals surface area contributed by atoms with Crippen LogP contribution in [-0.2, 0) is 13.0 Å². The molecule has 2 heterocycles. The fraction of sp³-hybridized carbons (Fsp3) is 0.583. The topological polar surface area (TPSA) is 57.5 Å². The molecule has 164 valence electrons. The average molecular weight is 411 g/mol. The van der Waals surface area contributed by atoms with E-state index in [2.05, 4.69) is 68.5 Å². The lowest BCUT2D eigenvalue weighted by molar-refractivity contribution is 0.283. The van der Waals surface area contributed by atoms with Crippen molar-refractivity contribution in [2.45, 2.75) is 52.0 Å². The molecular weight excluding hydrogens is 372 g/mol. The van der Waals surface area contributed by atoms with Gasteiger partial charge in [0.15, 0.2) is 5.96 Å². The van der Waals surface area contributed by atoms with E-state index in [9.17, 15) is 0 Å². The Balaban J connectivity index is 1.41. The Kier molecular flexibility index (Phi) is 9.73. The molecule has 30 heavy (non-hydrogen) atoms. The number of benzene rings is 1. The third-order valence-electron chi connectivity index (χ3n) is 5.58. The first-order valence-electron chi connectivity index (χ1n) is 11.6. The molecule has 6 heteroatoms. The van der Waals surface area contributed by atoms with Crippen LogP contribution in [0.1, 0.15) is 50.4 Å². The molecule has 1 aromatic carbocycles. The summed E-state index contributed by atoms with van der Waals surface area (Å²) < 4.78 is 2.22. The van der Waals surface area contributed by atoms with Gasteiger partial charge in [-0.05, 0) is 51.4 Å². The lowest BCUT2D eigenvalue weighted by Crippen LogP contribution is -2.38. The maximum absolute atomic E-state index is 4.77. The molecule has 0 radical (unpaired) electrons. The summed E-state index contributed by atoms with van der Waals surface area (Å²) >= 11 is 0. The van der Waals surface area contributed by atoms with Gasteiger partial charge in [-0.1, -0.05) is 43.2 Å². The van der Waals surface area contributed by atoms with Crippen molar-refractivity contribution in [3.05, 3.63) is 54.1 Å². The molecule has 2 aromatic rings. The van der Waals surface area contributed by atoms with E-state index in [0.717, 1.165) is 50.8 Å². The molecule has 1 fully saturated rings. The molecule has 0 saturated carbocycles. The number of aromatic nitrogens is 2. The molecule has 6 nitrogen and oxygen atoms in total. The minimum atomic E-state index is 0.823. The van der Waals surface area contributed by atoms with Crippen LogP contribution in [0.5, 0.6) is 0 Å². The van der Waals surface area contributed by atoms with E-state index in [1.54, 1.807) is 0 Å². The van der Waals surface area contributed by atoms with Crippen LogP contribution in [0.3, 0.4) is 0 Å². The zero-order chi connectivity index (χ0) is 20.9. The van der Waals surface area contributed by atoms with Crippen molar-refractivity contribution in [1.82, 2.24) is 25.1 Å². The molecule has 0 atom stereocenters. The summed E-state index contributed by atoms with van der Waals surface area (Å²) in [6.45, 7) is 9.23. The van der Waals surface area contributed by atoms with Crippen LogP contribution in [0, 0.1) is 0 Å². The predicted molar refractivity (Wildman–Crippen MR) is 125 cm³/mol. The Hall–Kier alpha value is -2.34. The van der Waals surface area contributed by atoms with Crippen LogP contribution in [0.4, 0.5) is 0 Å². The van der Waals surface area contributed by atoms with Crippen molar-refractivity contribution in [2.75, 3.05) is 39.3 Å². The minimum absolute atomic E-state index is 0.823. The summed E-state index contributed by atoms with van der Waals surface area (Å²) in [5.41, 5.74) is 1.30. The van der Waals surface area contributed by atoms with Gasteiger partial charge in [-0.3, -0.25) is 4.99 Å². The number of nitrogens with one attached hydrogen (secondary N) is 2. The van der Waals surface area contributed by atoms with Crippen molar-refractivity contribution >= 4 is 5.96 Å². The van der Waals surface area contributed by atoms with Gasteiger partial charge in [0, 0.05) is 45.0 Å². The van der Waals surface area contributed by atoms with E-state index in [1.807, 2.05) is 6.20 Å². The van der Waals surface area contributed by atoms with E-state index in [1.165, 1.54) is 50.9 Å². The standard InChI is InChI=1S/C24H38N6/c1-2-25-24(27-14-10-19-29-17-8-3-4-9-18-29)28-15-13-23-26-16-20-30(23)21-22-11-6-5-7-12-22/h5-7,11-12,16,20H,2-4,8-10,13-15,17-19,21H2,1H3,(H2,25,27,28). The van der Waals surface area contributed by atoms with Gasteiger partial charge < -0.3 is 20.1 Å². The van der Waals surface area contributed by atoms with Crippen molar-refractivity contribution in [3.8, 4) is 0 Å². The number of nitrogens with zero attached hydrogens (tertiary/aromatic N) is 4. The molecule has 3 rings (SSSR count). The summed E-state index contributed by atoms with van der Waals surface area (Å²) in [7, 11) is 0. The van der Waals surface area contributed by atoms with Gasteiger partial charge in [0.1, 0.15) is 5.82 Å². The first kappa shape index (κ1) is 22.3. The molecule has 2 N–H and O–H groups in total. The van der Waals surface area contributed by atoms with Crippen molar-refractivity contribution in [3.63, 3.8) is 0 Å². The Morgan fingerprint density at radius 3 is 2.63 bits per heavy atom. The molecule has 0 aliphatic carbocycles. The van der Waals surface area contributed by atoms with Crippen molar-refractivity contribution < 1.29 is 0 Å². The second-order valence-electron chi connectivity index (χ2n) is 8.00. The monoisotopic (exact) mass is 410 g/mol. The van der Waals surface area contributed by atoms with Gasteiger partial charge in [-0.2, -0.15) is 0 Å². The van der Waals surface area contributed by atoms with Gasteiger partial charge in [0.2, 0.25) is 0 Å². The largest absolute Gasteiger partial charge is 0.357 e. The Labute approximate surface area is 181 Å². The number of hydrogen-bond acceptors (Lipinski definition) is 3. The molecule has 1 aromatic heterocycles. The van der Waals surface area contributed by atoms with E-state index < -0.39 is 0 Å². The highest BCUT2D eigenvalue weighted by molar-refractivity contribution is 5.79. The predicted octanol–water partition coefficient (Wildman–Crippen LogP) is 3.30. The van der Waals surface area contributed by atoms with Gasteiger partial charge >= 0.3 is 0 Å². The number of guanidine groups is 1. The van der Waals surface area contributed by atoms with Crippen LogP contribution in [-0.4, -0.2) is 59.7 Å². The maximum Gasteiger partial charge on any atom is 0.191 e. The number of likely N-dealkylation sites (tertiary alicyclic amines) is 1. The quantitative estimate of drug-likeness (QED) is 0.358. The van der Waals surface area contributed by atoms with Crippen molar-refractivity contribution in [1.29, 1.82) is 0 Å². The molecular formula is C24H38N6. The molecule has 0 bridgehead atoms. The molecule has 0 unspecified atom stereocenters. The van der Waals surface area contributed by atoms with Gasteiger partial charge in [0.05, 0.1) is 0 Å². The first-order valence-corrected chi connectivity index (χ1v) is 11.6. The summed E-state index contributed by atoms with van der Waals surface area (Å²) in [6.07, 6.45) is 11.4. The Morgan fingerprint density at radius 1 is 1.07 bits per heavy atom. The van der Waals surface area contributed by atoms with Crippen molar-refractivity contribution in [2.24, 2.45) is 4.99 Å². The van der Waals surface area contributed by atoms with E-state index in [4.69, 9.17) is 4.99 Å². The smallest absolute Gasteiger partial charge is 0.191 e.